The Hall–Kier alpha value is -3.99. The van der Waals surface area contributed by atoms with Crippen molar-refractivity contribution in [1.29, 1.82) is 5.26 Å². The highest BCUT2D eigenvalue weighted by molar-refractivity contribution is 7.10. The lowest BCUT2D eigenvalue weighted by atomic mass is 9.93. The van der Waals surface area contributed by atoms with Gasteiger partial charge in [0.05, 0.1) is 35.7 Å². The Balaban J connectivity index is 1.22. The number of carbonyl (C=O) groups is 1. The molecule has 4 aromatic rings. The number of nitrogens with zero attached hydrogens (tertiary/aromatic N) is 9. The Labute approximate surface area is 240 Å². The molecule has 41 heavy (non-hydrogen) atoms. The van der Waals surface area contributed by atoms with Crippen LogP contribution in [0.1, 0.15) is 42.6 Å². The van der Waals surface area contributed by atoms with Crippen LogP contribution in [0.4, 0.5) is 15.3 Å². The molecule has 13 heteroatoms. The highest BCUT2D eigenvalue weighted by Gasteiger charge is 2.31. The minimum atomic E-state index is -0.482. The molecule has 2 aliphatic heterocycles. The fourth-order valence-corrected chi connectivity index (χ4v) is 6.11. The second-order valence-electron chi connectivity index (χ2n) is 10.5. The summed E-state index contributed by atoms with van der Waals surface area (Å²) < 4.78 is 20.0. The number of β-amino-alcohol motifs (C(OH)–C–C–N with tert-alkyl or cyclic N) is 1. The van der Waals surface area contributed by atoms with E-state index in [1.54, 1.807) is 4.90 Å². The Kier molecular flexibility index (Phi) is 7.37. The van der Waals surface area contributed by atoms with Crippen LogP contribution >= 0.6 is 11.5 Å². The first-order valence-corrected chi connectivity index (χ1v) is 14.5. The first-order valence-electron chi connectivity index (χ1n) is 13.7. The number of amides is 1. The third-order valence-corrected chi connectivity index (χ3v) is 8.61. The van der Waals surface area contributed by atoms with Gasteiger partial charge in [0.15, 0.2) is 17.3 Å². The summed E-state index contributed by atoms with van der Waals surface area (Å²) in [5.41, 5.74) is 3.25. The molecule has 0 bridgehead atoms. The molecule has 2 saturated heterocycles. The summed E-state index contributed by atoms with van der Waals surface area (Å²) in [6.45, 7) is 4.93. The minimum Gasteiger partial charge on any atom is -0.389 e. The number of hydrogen-bond donors (Lipinski definition) is 1. The highest BCUT2D eigenvalue weighted by atomic mass is 32.1. The zero-order chi connectivity index (χ0) is 28.7. The lowest BCUT2D eigenvalue weighted by Gasteiger charge is -2.38. The summed E-state index contributed by atoms with van der Waals surface area (Å²) in [6.07, 6.45) is 2.11. The maximum absolute atomic E-state index is 13.7. The number of benzene rings is 1. The van der Waals surface area contributed by atoms with E-state index in [1.807, 2.05) is 41.6 Å². The summed E-state index contributed by atoms with van der Waals surface area (Å²) in [5.74, 6) is 1.02. The normalized spacial score (nSPS) is 16.6. The van der Waals surface area contributed by atoms with E-state index >= 15 is 0 Å². The molecule has 0 atom stereocenters. The topological polar surface area (TPSA) is 127 Å². The quantitative estimate of drug-likeness (QED) is 0.354. The fourth-order valence-electron chi connectivity index (χ4n) is 5.46. The second-order valence-corrected chi connectivity index (χ2v) is 11.3. The van der Waals surface area contributed by atoms with Gasteiger partial charge in [0, 0.05) is 43.2 Å². The number of nitriles is 1. The molecule has 1 aromatic carbocycles. The average Bonchev–Trinajstić information content (AvgIpc) is 3.60. The number of imidazole rings is 1. The van der Waals surface area contributed by atoms with Crippen LogP contribution in [0.3, 0.4) is 0 Å². The van der Waals surface area contributed by atoms with Crippen LogP contribution < -0.4 is 4.90 Å². The third kappa shape index (κ3) is 5.26. The summed E-state index contributed by atoms with van der Waals surface area (Å²) >= 11 is 1.19. The predicted molar refractivity (Wildman–Crippen MR) is 151 cm³/mol. The molecule has 2 aliphatic rings. The smallest absolute Gasteiger partial charge is 0.236 e. The van der Waals surface area contributed by atoms with Gasteiger partial charge in [0.1, 0.15) is 5.82 Å². The van der Waals surface area contributed by atoms with Crippen LogP contribution in [0.2, 0.25) is 0 Å². The van der Waals surface area contributed by atoms with Crippen molar-refractivity contribution in [3.05, 3.63) is 53.1 Å². The SMILES string of the molecule is CCc1nc2ccc(C3CCN(CC(=O)N4CC(O)C4)CC3)nn2c1N(C)c1nc(-c2ccc(F)cc2C#N)ns1. The van der Waals surface area contributed by atoms with Gasteiger partial charge in [-0.15, -0.1) is 0 Å². The fraction of sp³-hybridized carbons (Fsp3) is 0.429. The molecule has 3 aromatic heterocycles. The summed E-state index contributed by atoms with van der Waals surface area (Å²) in [4.78, 5) is 27.7. The lowest BCUT2D eigenvalue weighted by Crippen LogP contribution is -2.56. The number of hydrogen-bond acceptors (Lipinski definition) is 10. The Bertz CT molecular complexity index is 1630. The number of piperidine rings is 1. The third-order valence-electron chi connectivity index (χ3n) is 7.82. The van der Waals surface area contributed by atoms with Gasteiger partial charge in [0.2, 0.25) is 11.0 Å². The van der Waals surface area contributed by atoms with Gasteiger partial charge in [-0.25, -0.2) is 9.37 Å². The van der Waals surface area contributed by atoms with Gasteiger partial charge in [-0.05, 0) is 62.7 Å². The predicted octanol–water partition coefficient (Wildman–Crippen LogP) is 2.97. The van der Waals surface area contributed by atoms with Crippen LogP contribution in [-0.4, -0.2) is 90.6 Å². The molecule has 2 fully saturated rings. The first kappa shape index (κ1) is 27.2. The molecule has 11 nitrogen and oxygen atoms in total. The molecular formula is C28H30FN9O2S. The Morgan fingerprint density at radius 1 is 1.22 bits per heavy atom. The molecule has 6 rings (SSSR count). The van der Waals surface area contributed by atoms with Crippen molar-refractivity contribution in [1.82, 2.24) is 33.8 Å². The lowest BCUT2D eigenvalue weighted by molar-refractivity contribution is -0.142. The summed E-state index contributed by atoms with van der Waals surface area (Å²) in [7, 11) is 1.89. The second kappa shape index (κ2) is 11.1. The zero-order valence-corrected chi connectivity index (χ0v) is 23.7. The highest BCUT2D eigenvalue weighted by Crippen LogP contribution is 2.34. The maximum atomic E-state index is 13.7. The van der Waals surface area contributed by atoms with Crippen molar-refractivity contribution in [2.45, 2.75) is 38.2 Å². The first-order chi connectivity index (χ1) is 19.8. The average molecular weight is 576 g/mol. The van der Waals surface area contributed by atoms with Crippen molar-refractivity contribution in [2.24, 2.45) is 0 Å². The van der Waals surface area contributed by atoms with Crippen molar-refractivity contribution in [3.63, 3.8) is 0 Å². The number of carbonyl (C=O) groups excluding carboxylic acids is 1. The van der Waals surface area contributed by atoms with E-state index in [2.05, 4.69) is 14.3 Å². The molecule has 212 valence electrons. The summed E-state index contributed by atoms with van der Waals surface area (Å²) in [6, 6.07) is 10.1. The number of fused-ring (bicyclic) bond motifs is 1. The maximum Gasteiger partial charge on any atom is 0.236 e. The number of aliphatic hydroxyl groups is 1. The van der Waals surface area contributed by atoms with Crippen molar-refractivity contribution in [2.75, 3.05) is 44.7 Å². The number of aliphatic hydroxyl groups excluding tert-OH is 1. The van der Waals surface area contributed by atoms with Crippen LogP contribution in [0, 0.1) is 17.1 Å². The molecule has 0 aliphatic carbocycles. The monoisotopic (exact) mass is 575 g/mol. The number of halogens is 1. The van der Waals surface area contributed by atoms with Gasteiger partial charge in [-0.2, -0.15) is 24.2 Å². The number of anilines is 2. The van der Waals surface area contributed by atoms with Gasteiger partial charge in [-0.3, -0.25) is 9.69 Å². The van der Waals surface area contributed by atoms with E-state index < -0.39 is 5.82 Å². The number of aryl methyl sites for hydroxylation is 1. The molecule has 0 radical (unpaired) electrons. The van der Waals surface area contributed by atoms with E-state index in [0.717, 1.165) is 48.8 Å². The van der Waals surface area contributed by atoms with Gasteiger partial charge in [0.25, 0.3) is 0 Å². The van der Waals surface area contributed by atoms with Gasteiger partial charge < -0.3 is 14.9 Å². The molecule has 5 heterocycles. The summed E-state index contributed by atoms with van der Waals surface area (Å²) in [5, 5.41) is 24.6. The van der Waals surface area contributed by atoms with E-state index in [9.17, 15) is 19.6 Å². The zero-order valence-electron chi connectivity index (χ0n) is 22.9. The van der Waals surface area contributed by atoms with Crippen LogP contribution in [0.5, 0.6) is 0 Å². The number of aromatic nitrogens is 5. The van der Waals surface area contributed by atoms with E-state index in [1.165, 1.54) is 29.7 Å². The molecule has 0 saturated carbocycles. The van der Waals surface area contributed by atoms with Crippen molar-refractivity contribution < 1.29 is 14.3 Å². The van der Waals surface area contributed by atoms with E-state index in [4.69, 9.17) is 10.1 Å². The molecule has 1 amide bonds. The molecule has 0 unspecified atom stereocenters. The van der Waals surface area contributed by atoms with Crippen LogP contribution in [-0.2, 0) is 11.2 Å². The minimum absolute atomic E-state index is 0.0783. The number of likely N-dealkylation sites (tertiary alicyclic amines) is 2. The Morgan fingerprint density at radius 3 is 2.71 bits per heavy atom. The standard InChI is InChI=1S/C28H30FN9O2S/c1-3-22-27(35(2)28-32-26(34-41-28)21-5-4-19(29)12-18(21)13-30)38-24(31-22)7-6-23(33-38)17-8-10-36(11-9-17)16-25(40)37-14-20(39)15-37/h4-7,12,17,20,39H,3,8-11,14-16H2,1-2H3. The van der Waals surface area contributed by atoms with Crippen molar-refractivity contribution >= 4 is 34.0 Å². The largest absolute Gasteiger partial charge is 0.389 e. The Morgan fingerprint density at radius 2 is 2.00 bits per heavy atom. The van der Waals surface area contributed by atoms with Gasteiger partial charge >= 0.3 is 0 Å². The van der Waals surface area contributed by atoms with Crippen molar-refractivity contribution in [3.8, 4) is 17.5 Å². The van der Waals surface area contributed by atoms with E-state index in [-0.39, 0.29) is 23.5 Å². The van der Waals surface area contributed by atoms with Crippen LogP contribution in [0.15, 0.2) is 30.3 Å². The molecule has 1 N–H and O–H groups in total. The molecule has 0 spiro atoms. The van der Waals surface area contributed by atoms with E-state index in [0.29, 0.717) is 42.6 Å². The van der Waals surface area contributed by atoms with Crippen LogP contribution in [0.25, 0.3) is 17.0 Å². The number of rotatable bonds is 7. The van der Waals surface area contributed by atoms with Gasteiger partial charge in [-0.1, -0.05) is 6.92 Å². The molecular weight excluding hydrogens is 545 g/mol.